The van der Waals surface area contributed by atoms with Gasteiger partial charge in [0.15, 0.2) is 11.5 Å². The van der Waals surface area contributed by atoms with Gasteiger partial charge in [0.05, 0.1) is 5.41 Å². The van der Waals surface area contributed by atoms with Gasteiger partial charge in [-0.05, 0) is 43.4 Å². The van der Waals surface area contributed by atoms with Crippen molar-refractivity contribution in [3.8, 4) is 11.5 Å². The van der Waals surface area contributed by atoms with E-state index < -0.39 is 0 Å². The zero-order valence-corrected chi connectivity index (χ0v) is 10.8. The average Bonchev–Trinajstić information content (AvgIpc) is 3.32. The molecule has 19 heavy (non-hydrogen) atoms. The molecule has 2 aliphatic carbocycles. The number of fused-ring (bicyclic) bond motifs is 1. The van der Waals surface area contributed by atoms with Crippen LogP contribution in [0.1, 0.15) is 31.2 Å². The monoisotopic (exact) mass is 259 g/mol. The molecule has 2 fully saturated rings. The summed E-state index contributed by atoms with van der Waals surface area (Å²) >= 11 is 0. The molecule has 1 aliphatic heterocycles. The Hall–Kier alpha value is -1.71. The standard InChI is InChI=1S/C15H17NO3/c17-14(16-11-2-3-11)15(5-6-15)10-1-4-12-13(9-10)19-8-7-18-12/h1,4,9,11H,2-3,5-8H2,(H,16,17). The fourth-order valence-corrected chi connectivity index (χ4v) is 2.66. The molecule has 0 atom stereocenters. The third kappa shape index (κ3) is 1.86. The molecule has 2 saturated carbocycles. The minimum absolute atomic E-state index is 0.187. The van der Waals surface area contributed by atoms with Crippen molar-refractivity contribution in [3.05, 3.63) is 23.8 Å². The number of carbonyl (C=O) groups is 1. The van der Waals surface area contributed by atoms with Crippen LogP contribution in [0.2, 0.25) is 0 Å². The Morgan fingerprint density at radius 1 is 1.16 bits per heavy atom. The van der Waals surface area contributed by atoms with Crippen molar-refractivity contribution in [2.45, 2.75) is 37.1 Å². The number of benzene rings is 1. The first-order valence-corrected chi connectivity index (χ1v) is 6.99. The first-order valence-electron chi connectivity index (χ1n) is 6.99. The smallest absolute Gasteiger partial charge is 0.230 e. The third-order valence-electron chi connectivity index (χ3n) is 4.19. The zero-order chi connectivity index (χ0) is 12.9. The van der Waals surface area contributed by atoms with Crippen LogP contribution in [0.25, 0.3) is 0 Å². The summed E-state index contributed by atoms with van der Waals surface area (Å²) < 4.78 is 11.1. The number of hydrogen-bond donors (Lipinski definition) is 1. The molecule has 1 N–H and O–H groups in total. The lowest BCUT2D eigenvalue weighted by Crippen LogP contribution is -2.36. The lowest BCUT2D eigenvalue weighted by molar-refractivity contribution is -0.123. The molecule has 100 valence electrons. The fourth-order valence-electron chi connectivity index (χ4n) is 2.66. The van der Waals surface area contributed by atoms with Crippen molar-refractivity contribution in [2.24, 2.45) is 0 Å². The van der Waals surface area contributed by atoms with Gasteiger partial charge in [0.1, 0.15) is 13.2 Å². The Morgan fingerprint density at radius 3 is 2.58 bits per heavy atom. The fraction of sp³-hybridized carbons (Fsp3) is 0.533. The number of carbonyl (C=O) groups excluding carboxylic acids is 1. The van der Waals surface area contributed by atoms with Crippen LogP contribution in [0.4, 0.5) is 0 Å². The molecule has 0 radical (unpaired) electrons. The largest absolute Gasteiger partial charge is 0.486 e. The second-order valence-corrected chi connectivity index (χ2v) is 5.69. The number of hydrogen-bond acceptors (Lipinski definition) is 3. The van der Waals surface area contributed by atoms with Crippen LogP contribution in [0.15, 0.2) is 18.2 Å². The van der Waals surface area contributed by atoms with Gasteiger partial charge in [0.2, 0.25) is 5.91 Å². The third-order valence-corrected chi connectivity index (χ3v) is 4.19. The van der Waals surface area contributed by atoms with E-state index in [1.165, 1.54) is 0 Å². The van der Waals surface area contributed by atoms with E-state index in [-0.39, 0.29) is 11.3 Å². The van der Waals surface area contributed by atoms with Crippen LogP contribution in [0.3, 0.4) is 0 Å². The Bertz CT molecular complexity index is 532. The second kappa shape index (κ2) is 3.89. The quantitative estimate of drug-likeness (QED) is 0.900. The maximum absolute atomic E-state index is 12.4. The molecule has 4 nitrogen and oxygen atoms in total. The van der Waals surface area contributed by atoms with Crippen LogP contribution in [-0.4, -0.2) is 25.2 Å². The van der Waals surface area contributed by atoms with Crippen molar-refractivity contribution in [1.82, 2.24) is 5.32 Å². The zero-order valence-electron chi connectivity index (χ0n) is 10.8. The first kappa shape index (κ1) is 11.1. The second-order valence-electron chi connectivity index (χ2n) is 5.69. The lowest BCUT2D eigenvalue weighted by atomic mass is 9.94. The van der Waals surface area contributed by atoms with E-state index in [4.69, 9.17) is 9.47 Å². The van der Waals surface area contributed by atoms with E-state index in [1.807, 2.05) is 18.2 Å². The summed E-state index contributed by atoms with van der Waals surface area (Å²) in [6.45, 7) is 1.18. The van der Waals surface area contributed by atoms with Gasteiger partial charge in [-0.1, -0.05) is 6.07 Å². The van der Waals surface area contributed by atoms with E-state index in [9.17, 15) is 4.79 Å². The summed E-state index contributed by atoms with van der Waals surface area (Å²) in [4.78, 5) is 12.4. The highest BCUT2D eigenvalue weighted by atomic mass is 16.6. The van der Waals surface area contributed by atoms with Gasteiger partial charge in [0, 0.05) is 6.04 Å². The van der Waals surface area contributed by atoms with E-state index in [0.717, 1.165) is 42.7 Å². The van der Waals surface area contributed by atoms with Crippen LogP contribution >= 0.6 is 0 Å². The molecule has 1 aromatic rings. The van der Waals surface area contributed by atoms with Crippen LogP contribution in [0.5, 0.6) is 11.5 Å². The highest BCUT2D eigenvalue weighted by Crippen LogP contribution is 2.50. The summed E-state index contributed by atoms with van der Waals surface area (Å²) in [7, 11) is 0. The maximum atomic E-state index is 12.4. The molecule has 1 amide bonds. The van der Waals surface area contributed by atoms with Crippen molar-refractivity contribution in [3.63, 3.8) is 0 Å². The van der Waals surface area contributed by atoms with Gasteiger partial charge in [-0.3, -0.25) is 4.79 Å². The molecule has 1 heterocycles. The number of amides is 1. The Kier molecular flexibility index (Phi) is 2.28. The van der Waals surface area contributed by atoms with Crippen LogP contribution in [-0.2, 0) is 10.2 Å². The molecule has 3 aliphatic rings. The van der Waals surface area contributed by atoms with Gasteiger partial charge in [0.25, 0.3) is 0 Å². The molecule has 1 aromatic carbocycles. The van der Waals surface area contributed by atoms with Crippen LogP contribution < -0.4 is 14.8 Å². The minimum Gasteiger partial charge on any atom is -0.486 e. The number of ether oxygens (including phenoxy) is 2. The van der Waals surface area contributed by atoms with Crippen LogP contribution in [0, 0.1) is 0 Å². The van der Waals surface area contributed by atoms with E-state index >= 15 is 0 Å². The van der Waals surface area contributed by atoms with Gasteiger partial charge in [-0.15, -0.1) is 0 Å². The maximum Gasteiger partial charge on any atom is 0.230 e. The summed E-state index contributed by atoms with van der Waals surface area (Å²) in [5.74, 6) is 1.74. The number of rotatable bonds is 3. The average molecular weight is 259 g/mol. The highest BCUT2D eigenvalue weighted by Gasteiger charge is 2.52. The first-order chi connectivity index (χ1) is 9.28. The topological polar surface area (TPSA) is 47.6 Å². The molecule has 0 saturated heterocycles. The molecule has 0 spiro atoms. The van der Waals surface area contributed by atoms with E-state index in [0.29, 0.717) is 19.3 Å². The van der Waals surface area contributed by atoms with Gasteiger partial charge in [-0.2, -0.15) is 0 Å². The molecule has 4 heteroatoms. The van der Waals surface area contributed by atoms with E-state index in [2.05, 4.69) is 5.32 Å². The summed E-state index contributed by atoms with van der Waals surface area (Å²) in [6.07, 6.45) is 4.13. The molecular formula is C15H17NO3. The molecule has 0 bridgehead atoms. The SMILES string of the molecule is O=C(NC1CC1)C1(c2ccc3c(c2)OCCO3)CC1. The molecular weight excluding hydrogens is 242 g/mol. The highest BCUT2D eigenvalue weighted by molar-refractivity contribution is 5.91. The normalized spacial score (nSPS) is 22.7. The molecule has 0 unspecified atom stereocenters. The minimum atomic E-state index is -0.307. The molecule has 4 rings (SSSR count). The van der Waals surface area contributed by atoms with Gasteiger partial charge in [-0.25, -0.2) is 0 Å². The summed E-state index contributed by atoms with van der Waals surface area (Å²) in [6, 6.07) is 6.33. The predicted octanol–water partition coefficient (Wildman–Crippen LogP) is 1.77. The van der Waals surface area contributed by atoms with Gasteiger partial charge >= 0.3 is 0 Å². The van der Waals surface area contributed by atoms with Crippen molar-refractivity contribution < 1.29 is 14.3 Å². The Morgan fingerprint density at radius 2 is 1.89 bits per heavy atom. The Labute approximate surface area is 112 Å². The number of nitrogens with one attached hydrogen (secondary N) is 1. The Balaban J connectivity index is 1.62. The van der Waals surface area contributed by atoms with Gasteiger partial charge < -0.3 is 14.8 Å². The molecule has 0 aromatic heterocycles. The summed E-state index contributed by atoms with van der Waals surface area (Å²) in [5, 5.41) is 3.12. The van der Waals surface area contributed by atoms with Crippen molar-refractivity contribution >= 4 is 5.91 Å². The van der Waals surface area contributed by atoms with Crippen molar-refractivity contribution in [1.29, 1.82) is 0 Å². The van der Waals surface area contributed by atoms with Crippen molar-refractivity contribution in [2.75, 3.05) is 13.2 Å². The predicted molar refractivity (Wildman–Crippen MR) is 69.5 cm³/mol. The van der Waals surface area contributed by atoms with E-state index in [1.54, 1.807) is 0 Å². The summed E-state index contributed by atoms with van der Waals surface area (Å²) in [5.41, 5.74) is 0.758. The lowest BCUT2D eigenvalue weighted by Gasteiger charge is -2.21.